The van der Waals surface area contributed by atoms with Crippen molar-refractivity contribution in [1.29, 1.82) is 0 Å². The zero-order chi connectivity index (χ0) is 21.1. The Balaban J connectivity index is 1.72. The first-order chi connectivity index (χ1) is 14.5. The highest BCUT2D eigenvalue weighted by Gasteiger charge is 2.19. The van der Waals surface area contributed by atoms with Crippen LogP contribution in [-0.2, 0) is 13.5 Å². The third kappa shape index (κ3) is 4.29. The maximum atomic E-state index is 12.8. The third-order valence-electron chi connectivity index (χ3n) is 5.04. The fourth-order valence-electron chi connectivity index (χ4n) is 3.43. The fraction of sp³-hybridized carbons (Fsp3) is 0.120. The number of benzene rings is 3. The van der Waals surface area contributed by atoms with Gasteiger partial charge >= 0.3 is 0 Å². The maximum absolute atomic E-state index is 12.8. The number of carbonyl (C=O) groups is 1. The Morgan fingerprint density at radius 2 is 1.63 bits per heavy atom. The van der Waals surface area contributed by atoms with Gasteiger partial charge in [0.1, 0.15) is 0 Å². The van der Waals surface area contributed by atoms with E-state index in [-0.39, 0.29) is 5.91 Å². The second-order valence-corrected chi connectivity index (χ2v) is 7.72. The van der Waals surface area contributed by atoms with Crippen LogP contribution in [0.4, 0.5) is 5.95 Å². The first-order valence-electron chi connectivity index (χ1n) is 9.75. The van der Waals surface area contributed by atoms with Gasteiger partial charge in [-0.2, -0.15) is 0 Å². The van der Waals surface area contributed by atoms with Gasteiger partial charge in [-0.15, -0.1) is 0 Å². The van der Waals surface area contributed by atoms with Crippen molar-refractivity contribution < 1.29 is 4.79 Å². The highest BCUT2D eigenvalue weighted by Crippen LogP contribution is 2.29. The summed E-state index contributed by atoms with van der Waals surface area (Å²) in [5.74, 6) is 0.327. The maximum Gasteiger partial charge on any atom is 0.257 e. The van der Waals surface area contributed by atoms with Gasteiger partial charge in [0, 0.05) is 29.6 Å². The van der Waals surface area contributed by atoms with Gasteiger partial charge in [0.25, 0.3) is 5.91 Å². The normalized spacial score (nSPS) is 10.8. The van der Waals surface area contributed by atoms with Crippen molar-refractivity contribution in [3.05, 3.63) is 106 Å². The molecule has 0 bridgehead atoms. The van der Waals surface area contributed by atoms with Crippen molar-refractivity contribution in [3.8, 4) is 11.3 Å². The van der Waals surface area contributed by atoms with E-state index in [4.69, 9.17) is 16.6 Å². The Hall–Kier alpha value is -3.37. The number of aromatic nitrogens is 2. The van der Waals surface area contributed by atoms with Gasteiger partial charge in [-0.05, 0) is 36.8 Å². The highest BCUT2D eigenvalue weighted by molar-refractivity contribution is 6.30. The summed E-state index contributed by atoms with van der Waals surface area (Å²) < 4.78 is 1.92. The van der Waals surface area contributed by atoms with Gasteiger partial charge in [0.2, 0.25) is 5.95 Å². The zero-order valence-electron chi connectivity index (χ0n) is 16.9. The summed E-state index contributed by atoms with van der Waals surface area (Å²) in [6.45, 7) is 1.99. The lowest BCUT2D eigenvalue weighted by Crippen LogP contribution is -2.15. The number of aryl methyl sites for hydroxylation is 1. The van der Waals surface area contributed by atoms with E-state index in [0.717, 1.165) is 28.1 Å². The minimum Gasteiger partial charge on any atom is -0.313 e. The number of nitrogens with one attached hydrogen (secondary N) is 1. The van der Waals surface area contributed by atoms with Gasteiger partial charge in [0.05, 0.1) is 11.4 Å². The number of hydrogen-bond acceptors (Lipinski definition) is 2. The summed E-state index contributed by atoms with van der Waals surface area (Å²) >= 11 is 6.08. The topological polar surface area (TPSA) is 46.9 Å². The summed E-state index contributed by atoms with van der Waals surface area (Å²) in [6.07, 6.45) is 0.660. The molecule has 0 spiro atoms. The van der Waals surface area contributed by atoms with Crippen LogP contribution in [0.15, 0.2) is 78.9 Å². The number of imidazole rings is 1. The van der Waals surface area contributed by atoms with Gasteiger partial charge in [-0.3, -0.25) is 10.1 Å². The molecule has 5 heteroatoms. The molecule has 1 N–H and O–H groups in total. The molecular weight excluding hydrogens is 394 g/mol. The molecule has 150 valence electrons. The Labute approximate surface area is 181 Å². The Morgan fingerprint density at radius 3 is 2.30 bits per heavy atom. The average Bonchev–Trinajstić information content (AvgIpc) is 3.04. The first kappa shape index (κ1) is 19.9. The predicted molar refractivity (Wildman–Crippen MR) is 122 cm³/mol. The average molecular weight is 416 g/mol. The molecule has 30 heavy (non-hydrogen) atoms. The number of hydrogen-bond donors (Lipinski definition) is 1. The lowest BCUT2D eigenvalue weighted by molar-refractivity contribution is 0.102. The van der Waals surface area contributed by atoms with Crippen molar-refractivity contribution >= 4 is 23.5 Å². The van der Waals surface area contributed by atoms with Crippen LogP contribution < -0.4 is 5.32 Å². The third-order valence-corrected chi connectivity index (χ3v) is 5.29. The van der Waals surface area contributed by atoms with Crippen LogP contribution in [0.25, 0.3) is 11.3 Å². The van der Waals surface area contributed by atoms with Gasteiger partial charge < -0.3 is 4.57 Å². The van der Waals surface area contributed by atoms with E-state index in [1.165, 1.54) is 0 Å². The molecule has 0 atom stereocenters. The molecule has 0 radical (unpaired) electrons. The summed E-state index contributed by atoms with van der Waals surface area (Å²) in [6, 6.07) is 25.3. The van der Waals surface area contributed by atoms with Crippen LogP contribution in [0.5, 0.6) is 0 Å². The molecule has 1 heterocycles. The molecule has 1 amide bonds. The molecule has 4 rings (SSSR count). The van der Waals surface area contributed by atoms with Gasteiger partial charge in [-0.25, -0.2) is 4.98 Å². The molecule has 0 aliphatic heterocycles. The van der Waals surface area contributed by atoms with Crippen LogP contribution in [0.1, 0.15) is 27.2 Å². The summed E-state index contributed by atoms with van der Waals surface area (Å²) in [7, 11) is 1.91. The summed E-state index contributed by atoms with van der Waals surface area (Å²) in [4.78, 5) is 17.5. The molecule has 0 saturated heterocycles. The van der Waals surface area contributed by atoms with Crippen molar-refractivity contribution in [2.45, 2.75) is 13.3 Å². The number of rotatable bonds is 5. The number of anilines is 1. The molecular formula is C25H22ClN3O. The summed E-state index contributed by atoms with van der Waals surface area (Å²) in [5.41, 5.74) is 5.71. The Morgan fingerprint density at radius 1 is 0.967 bits per heavy atom. The van der Waals surface area contributed by atoms with Crippen LogP contribution in [-0.4, -0.2) is 15.5 Å². The standard InChI is InChI=1S/C25H22ClN3O/c1-17-8-10-20(11-9-17)24(30)28-25-27-22(16-18-6-4-3-5-7-18)23(29(25)2)19-12-14-21(26)15-13-19/h3-15H,16H2,1-2H3,(H,27,28,30). The molecule has 3 aromatic carbocycles. The molecule has 0 unspecified atom stereocenters. The predicted octanol–water partition coefficient (Wildman–Crippen LogP) is 5.89. The Bertz CT molecular complexity index is 1160. The van der Waals surface area contributed by atoms with E-state index < -0.39 is 0 Å². The molecule has 0 fully saturated rings. The van der Waals surface area contributed by atoms with E-state index in [1.807, 2.05) is 85.3 Å². The van der Waals surface area contributed by atoms with Crippen LogP contribution in [0.3, 0.4) is 0 Å². The highest BCUT2D eigenvalue weighted by atomic mass is 35.5. The van der Waals surface area contributed by atoms with Crippen LogP contribution in [0.2, 0.25) is 5.02 Å². The lowest BCUT2D eigenvalue weighted by Gasteiger charge is -2.09. The zero-order valence-corrected chi connectivity index (χ0v) is 17.6. The second-order valence-electron chi connectivity index (χ2n) is 7.28. The first-order valence-corrected chi connectivity index (χ1v) is 10.1. The van der Waals surface area contributed by atoms with Crippen molar-refractivity contribution in [2.75, 3.05) is 5.32 Å². The van der Waals surface area contributed by atoms with Crippen molar-refractivity contribution in [1.82, 2.24) is 9.55 Å². The van der Waals surface area contributed by atoms with Crippen molar-refractivity contribution in [3.63, 3.8) is 0 Å². The molecule has 0 saturated carbocycles. The minimum absolute atomic E-state index is 0.183. The fourth-order valence-corrected chi connectivity index (χ4v) is 3.55. The van der Waals surface area contributed by atoms with E-state index in [0.29, 0.717) is 23.0 Å². The quantitative estimate of drug-likeness (QED) is 0.441. The van der Waals surface area contributed by atoms with Gasteiger partial charge in [-0.1, -0.05) is 71.8 Å². The monoisotopic (exact) mass is 415 g/mol. The number of amides is 1. The van der Waals surface area contributed by atoms with E-state index >= 15 is 0 Å². The summed E-state index contributed by atoms with van der Waals surface area (Å²) in [5, 5.41) is 3.64. The van der Waals surface area contributed by atoms with Gasteiger partial charge in [0.15, 0.2) is 0 Å². The number of halogens is 1. The lowest BCUT2D eigenvalue weighted by atomic mass is 10.0. The second kappa shape index (κ2) is 8.56. The smallest absolute Gasteiger partial charge is 0.257 e. The molecule has 1 aromatic heterocycles. The van der Waals surface area contributed by atoms with Crippen molar-refractivity contribution in [2.24, 2.45) is 7.05 Å². The van der Waals surface area contributed by atoms with E-state index in [9.17, 15) is 4.79 Å². The van der Waals surface area contributed by atoms with E-state index in [2.05, 4.69) is 17.4 Å². The van der Waals surface area contributed by atoms with Crippen LogP contribution >= 0.6 is 11.6 Å². The number of nitrogens with zero attached hydrogens (tertiary/aromatic N) is 2. The SMILES string of the molecule is Cc1ccc(C(=O)Nc2nc(Cc3ccccc3)c(-c3ccc(Cl)cc3)n2C)cc1. The van der Waals surface area contributed by atoms with Crippen LogP contribution in [0, 0.1) is 6.92 Å². The largest absolute Gasteiger partial charge is 0.313 e. The number of carbonyl (C=O) groups excluding carboxylic acids is 1. The molecule has 0 aliphatic carbocycles. The minimum atomic E-state index is -0.183. The Kier molecular flexibility index (Phi) is 5.68. The molecule has 4 aromatic rings. The molecule has 4 nitrogen and oxygen atoms in total. The molecule has 0 aliphatic rings. The van der Waals surface area contributed by atoms with E-state index in [1.54, 1.807) is 0 Å².